The number of aromatic nitrogens is 1. The number of carbonyl (C=O) groups is 1. The third-order valence-corrected chi connectivity index (χ3v) is 5.91. The first kappa shape index (κ1) is 13.9. The van der Waals surface area contributed by atoms with Crippen LogP contribution >= 0.6 is 11.3 Å². The molecule has 1 heterocycles. The topological polar surface area (TPSA) is 42.0 Å². The van der Waals surface area contributed by atoms with Gasteiger partial charge in [-0.25, -0.2) is 4.98 Å². The molecule has 2 fully saturated rings. The summed E-state index contributed by atoms with van der Waals surface area (Å²) in [7, 11) is 0. The van der Waals surface area contributed by atoms with Gasteiger partial charge in [0.2, 0.25) is 5.91 Å². The van der Waals surface area contributed by atoms with Gasteiger partial charge >= 0.3 is 0 Å². The van der Waals surface area contributed by atoms with Crippen molar-refractivity contribution in [3.05, 3.63) is 35.2 Å². The van der Waals surface area contributed by atoms with E-state index < -0.39 is 0 Å². The van der Waals surface area contributed by atoms with Crippen molar-refractivity contribution in [2.45, 2.75) is 32.6 Å². The van der Waals surface area contributed by atoms with Gasteiger partial charge in [0.1, 0.15) is 0 Å². The van der Waals surface area contributed by atoms with Gasteiger partial charge in [-0.3, -0.25) is 4.79 Å². The van der Waals surface area contributed by atoms with Crippen LogP contribution in [0.2, 0.25) is 0 Å². The lowest BCUT2D eigenvalue weighted by Crippen LogP contribution is -2.27. The Morgan fingerprint density at radius 2 is 2.05 bits per heavy atom. The Morgan fingerprint density at radius 1 is 1.23 bits per heavy atom. The van der Waals surface area contributed by atoms with E-state index in [0.29, 0.717) is 5.92 Å². The minimum Gasteiger partial charge on any atom is -0.302 e. The summed E-state index contributed by atoms with van der Waals surface area (Å²) < 4.78 is 0. The molecule has 22 heavy (non-hydrogen) atoms. The van der Waals surface area contributed by atoms with Crippen LogP contribution in [-0.2, 0) is 4.79 Å². The number of aryl methyl sites for hydroxylation is 1. The highest BCUT2D eigenvalue weighted by molar-refractivity contribution is 7.14. The summed E-state index contributed by atoms with van der Waals surface area (Å²) >= 11 is 1.51. The minimum atomic E-state index is 0.178. The highest BCUT2D eigenvalue weighted by Crippen LogP contribution is 2.48. The molecule has 114 valence electrons. The zero-order valence-electron chi connectivity index (χ0n) is 12.7. The summed E-state index contributed by atoms with van der Waals surface area (Å²) in [6, 6.07) is 8.32. The molecule has 4 heteroatoms. The summed E-state index contributed by atoms with van der Waals surface area (Å²) in [5.41, 5.74) is 3.28. The summed E-state index contributed by atoms with van der Waals surface area (Å²) in [5, 5.41) is 5.78. The number of benzene rings is 1. The fourth-order valence-corrected chi connectivity index (χ4v) is 4.67. The Hall–Kier alpha value is -1.68. The molecule has 1 aromatic heterocycles. The van der Waals surface area contributed by atoms with Gasteiger partial charge < -0.3 is 5.32 Å². The molecule has 0 aliphatic heterocycles. The number of nitrogens with zero attached hydrogens (tertiary/aromatic N) is 1. The molecular weight excluding hydrogens is 292 g/mol. The van der Waals surface area contributed by atoms with Crippen LogP contribution in [0, 0.1) is 24.7 Å². The van der Waals surface area contributed by atoms with Crippen molar-refractivity contribution >= 4 is 22.4 Å². The molecule has 2 aromatic rings. The molecule has 1 amide bonds. The molecule has 0 saturated heterocycles. The second-order valence-electron chi connectivity index (χ2n) is 6.67. The van der Waals surface area contributed by atoms with Crippen LogP contribution in [0.15, 0.2) is 29.6 Å². The lowest BCUT2D eigenvalue weighted by Gasteiger charge is -2.19. The maximum atomic E-state index is 12.5. The van der Waals surface area contributed by atoms with Crippen LogP contribution in [0.1, 0.15) is 31.2 Å². The molecule has 1 aromatic carbocycles. The van der Waals surface area contributed by atoms with Crippen LogP contribution in [0.3, 0.4) is 0 Å². The Kier molecular flexibility index (Phi) is 3.49. The van der Waals surface area contributed by atoms with Crippen molar-refractivity contribution in [2.24, 2.45) is 17.8 Å². The van der Waals surface area contributed by atoms with Crippen LogP contribution in [-0.4, -0.2) is 10.9 Å². The van der Waals surface area contributed by atoms with E-state index in [2.05, 4.69) is 41.5 Å². The predicted octanol–water partition coefficient (Wildman–Crippen LogP) is 4.49. The number of anilines is 1. The van der Waals surface area contributed by atoms with Crippen molar-refractivity contribution in [3.63, 3.8) is 0 Å². The summed E-state index contributed by atoms with van der Waals surface area (Å²) in [6.07, 6.45) is 4.88. The molecule has 3 nitrogen and oxygen atoms in total. The third-order valence-electron chi connectivity index (χ3n) is 5.16. The first-order chi connectivity index (χ1) is 10.7. The molecule has 0 spiro atoms. The molecule has 3 atom stereocenters. The first-order valence-electron chi connectivity index (χ1n) is 8.02. The van der Waals surface area contributed by atoms with E-state index in [0.717, 1.165) is 28.7 Å². The first-order valence-corrected chi connectivity index (χ1v) is 8.90. The molecule has 2 aliphatic rings. The molecule has 2 aliphatic carbocycles. The van der Waals surface area contributed by atoms with E-state index in [1.807, 2.05) is 5.38 Å². The summed E-state index contributed by atoms with van der Waals surface area (Å²) in [6.45, 7) is 2.08. The lowest BCUT2D eigenvalue weighted by molar-refractivity contribution is -0.121. The summed E-state index contributed by atoms with van der Waals surface area (Å²) in [4.78, 5) is 17.0. The van der Waals surface area contributed by atoms with Gasteiger partial charge in [-0.05, 0) is 38.0 Å². The number of carbonyl (C=O) groups excluding carboxylic acids is 1. The van der Waals surface area contributed by atoms with Crippen molar-refractivity contribution in [3.8, 4) is 11.3 Å². The van der Waals surface area contributed by atoms with Crippen molar-refractivity contribution < 1.29 is 4.79 Å². The molecule has 2 bridgehead atoms. The number of rotatable bonds is 3. The van der Waals surface area contributed by atoms with Crippen LogP contribution in [0.5, 0.6) is 0 Å². The number of thiazole rings is 1. The average Bonchev–Trinajstić information content (AvgIpc) is 3.24. The smallest absolute Gasteiger partial charge is 0.229 e. The van der Waals surface area contributed by atoms with Crippen LogP contribution < -0.4 is 5.32 Å². The van der Waals surface area contributed by atoms with E-state index in [-0.39, 0.29) is 11.8 Å². The SMILES string of the molecule is Cc1ccc(-c2csc(NC(=O)[C@H]3C[C@@H]4CC[C@H]3C4)n2)cc1. The highest BCUT2D eigenvalue weighted by Gasteiger charge is 2.43. The standard InChI is InChI=1S/C18H20N2OS/c1-11-2-5-13(6-3-11)16-10-22-18(19-16)20-17(21)15-9-12-4-7-14(15)8-12/h2-3,5-6,10,12,14-15H,4,7-9H2,1H3,(H,19,20,21)/t12-,14+,15+/m1/s1. The van der Waals surface area contributed by atoms with Gasteiger partial charge in [-0.1, -0.05) is 36.2 Å². The number of nitrogens with one attached hydrogen (secondary N) is 1. The average molecular weight is 312 g/mol. The zero-order valence-corrected chi connectivity index (χ0v) is 13.5. The van der Waals surface area contributed by atoms with Gasteiger partial charge in [0.05, 0.1) is 5.69 Å². The van der Waals surface area contributed by atoms with Gasteiger partial charge in [-0.2, -0.15) is 0 Å². The van der Waals surface area contributed by atoms with E-state index in [1.54, 1.807) is 0 Å². The maximum Gasteiger partial charge on any atom is 0.229 e. The molecule has 0 radical (unpaired) electrons. The maximum absolute atomic E-state index is 12.5. The quantitative estimate of drug-likeness (QED) is 0.907. The van der Waals surface area contributed by atoms with Crippen molar-refractivity contribution in [1.82, 2.24) is 4.98 Å². The second kappa shape index (κ2) is 5.51. The van der Waals surface area contributed by atoms with Gasteiger partial charge in [-0.15, -0.1) is 11.3 Å². The second-order valence-corrected chi connectivity index (χ2v) is 7.53. The number of hydrogen-bond donors (Lipinski definition) is 1. The van der Waals surface area contributed by atoms with Crippen molar-refractivity contribution in [2.75, 3.05) is 5.32 Å². The van der Waals surface area contributed by atoms with Gasteiger partial charge in [0.15, 0.2) is 5.13 Å². The fourth-order valence-electron chi connectivity index (χ4n) is 3.95. The fraction of sp³-hybridized carbons (Fsp3) is 0.444. The minimum absolute atomic E-state index is 0.178. The lowest BCUT2D eigenvalue weighted by atomic mass is 9.88. The normalized spacial score (nSPS) is 26.3. The Labute approximate surface area is 134 Å². The number of fused-ring (bicyclic) bond motifs is 2. The zero-order chi connectivity index (χ0) is 15.1. The predicted molar refractivity (Wildman–Crippen MR) is 89.9 cm³/mol. The summed E-state index contributed by atoms with van der Waals surface area (Å²) in [5.74, 6) is 1.80. The van der Waals surface area contributed by atoms with Crippen LogP contribution in [0.25, 0.3) is 11.3 Å². The largest absolute Gasteiger partial charge is 0.302 e. The van der Waals surface area contributed by atoms with E-state index in [4.69, 9.17) is 0 Å². The van der Waals surface area contributed by atoms with E-state index >= 15 is 0 Å². The van der Waals surface area contributed by atoms with E-state index in [9.17, 15) is 4.79 Å². The number of amides is 1. The Balaban J connectivity index is 1.45. The number of hydrogen-bond acceptors (Lipinski definition) is 3. The van der Waals surface area contributed by atoms with Gasteiger partial charge in [0, 0.05) is 16.9 Å². The van der Waals surface area contributed by atoms with Crippen molar-refractivity contribution in [1.29, 1.82) is 0 Å². The molecule has 4 rings (SSSR count). The molecule has 1 N–H and O–H groups in total. The molecule has 0 unspecified atom stereocenters. The van der Waals surface area contributed by atoms with E-state index in [1.165, 1.54) is 36.2 Å². The monoisotopic (exact) mass is 312 g/mol. The Morgan fingerprint density at radius 3 is 2.73 bits per heavy atom. The highest BCUT2D eigenvalue weighted by atomic mass is 32.1. The third kappa shape index (κ3) is 2.56. The van der Waals surface area contributed by atoms with Gasteiger partial charge in [0.25, 0.3) is 0 Å². The van der Waals surface area contributed by atoms with Crippen LogP contribution in [0.4, 0.5) is 5.13 Å². The Bertz CT molecular complexity index is 691. The molecular formula is C18H20N2OS. The molecule has 2 saturated carbocycles.